The van der Waals surface area contributed by atoms with Gasteiger partial charge in [-0.05, 0) is 49.0 Å². The Balaban J connectivity index is 0.00000312. The fourth-order valence-electron chi connectivity index (χ4n) is 4.04. The third kappa shape index (κ3) is 7.54. The summed E-state index contributed by atoms with van der Waals surface area (Å²) in [6.07, 6.45) is 13.0. The predicted molar refractivity (Wildman–Crippen MR) is 117 cm³/mol. The summed E-state index contributed by atoms with van der Waals surface area (Å²) in [6, 6.07) is 0. The lowest BCUT2D eigenvalue weighted by Gasteiger charge is -2.31. The maximum atomic E-state index is 4.39. The van der Waals surface area contributed by atoms with Crippen LogP contribution >= 0.6 is 24.0 Å². The monoisotopic (exact) mass is 461 g/mol. The predicted octanol–water partition coefficient (Wildman–Crippen LogP) is 3.74. The Hall–Kier alpha value is -0.790. The summed E-state index contributed by atoms with van der Waals surface area (Å²) >= 11 is 0. The Morgan fingerprint density at radius 3 is 2.60 bits per heavy atom. The van der Waals surface area contributed by atoms with Gasteiger partial charge in [-0.15, -0.1) is 24.0 Å². The van der Waals surface area contributed by atoms with Crippen LogP contribution in [0.3, 0.4) is 0 Å². The number of aromatic nitrogens is 2. The van der Waals surface area contributed by atoms with Gasteiger partial charge in [-0.3, -0.25) is 9.67 Å². The first kappa shape index (κ1) is 22.3. The summed E-state index contributed by atoms with van der Waals surface area (Å²) in [6.45, 7) is 6.66. The van der Waals surface area contributed by atoms with Gasteiger partial charge in [-0.25, -0.2) is 0 Å². The van der Waals surface area contributed by atoms with E-state index in [1.807, 2.05) is 25.0 Å². The second-order valence-corrected chi connectivity index (χ2v) is 7.78. The van der Waals surface area contributed by atoms with Gasteiger partial charge in [-0.2, -0.15) is 5.10 Å². The molecule has 1 aliphatic carbocycles. The highest BCUT2D eigenvalue weighted by atomic mass is 127. The number of hydrogen-bond acceptors (Lipinski definition) is 2. The highest BCUT2D eigenvalue weighted by Crippen LogP contribution is 2.42. The van der Waals surface area contributed by atoms with E-state index in [0.29, 0.717) is 5.41 Å². The van der Waals surface area contributed by atoms with Crippen molar-refractivity contribution in [1.29, 1.82) is 0 Å². The van der Waals surface area contributed by atoms with Crippen molar-refractivity contribution < 1.29 is 0 Å². The van der Waals surface area contributed by atoms with E-state index in [-0.39, 0.29) is 24.0 Å². The molecule has 1 aromatic heterocycles. The molecule has 0 radical (unpaired) electrons. The molecule has 2 N–H and O–H groups in total. The van der Waals surface area contributed by atoms with Crippen molar-refractivity contribution in [2.75, 3.05) is 20.1 Å². The molecule has 5 nitrogen and oxygen atoms in total. The van der Waals surface area contributed by atoms with Gasteiger partial charge in [0.1, 0.15) is 0 Å². The van der Waals surface area contributed by atoms with Crippen LogP contribution in [0.1, 0.15) is 57.9 Å². The molecule has 1 saturated carbocycles. The highest BCUT2D eigenvalue weighted by Gasteiger charge is 2.34. The number of nitrogens with one attached hydrogen (secondary N) is 2. The van der Waals surface area contributed by atoms with Crippen molar-refractivity contribution in [2.24, 2.45) is 23.4 Å². The number of nitrogens with zero attached hydrogens (tertiary/aromatic N) is 3. The molecule has 0 amide bonds. The van der Waals surface area contributed by atoms with Crippen LogP contribution in [-0.4, -0.2) is 35.9 Å². The van der Waals surface area contributed by atoms with Crippen LogP contribution in [0, 0.1) is 11.3 Å². The molecule has 1 aromatic rings. The Bertz CT molecular complexity index is 518. The Morgan fingerprint density at radius 2 is 2.04 bits per heavy atom. The molecule has 0 saturated heterocycles. The number of hydrogen-bond donors (Lipinski definition) is 2. The number of rotatable bonds is 8. The molecule has 0 aromatic carbocycles. The van der Waals surface area contributed by atoms with Gasteiger partial charge < -0.3 is 10.6 Å². The molecular formula is C19H36IN5. The van der Waals surface area contributed by atoms with Crippen molar-refractivity contribution in [3.63, 3.8) is 0 Å². The number of halogens is 1. The fourth-order valence-corrected chi connectivity index (χ4v) is 4.04. The number of guanidine groups is 1. The third-order valence-corrected chi connectivity index (χ3v) is 5.05. The Labute approximate surface area is 170 Å². The van der Waals surface area contributed by atoms with E-state index in [1.54, 1.807) is 0 Å². The maximum Gasteiger partial charge on any atom is 0.190 e. The minimum Gasteiger partial charge on any atom is -0.356 e. The van der Waals surface area contributed by atoms with E-state index in [2.05, 4.69) is 40.8 Å². The molecule has 1 fully saturated rings. The smallest absolute Gasteiger partial charge is 0.190 e. The third-order valence-electron chi connectivity index (χ3n) is 5.05. The van der Waals surface area contributed by atoms with E-state index in [4.69, 9.17) is 0 Å². The van der Waals surface area contributed by atoms with Crippen LogP contribution in [0.5, 0.6) is 0 Å². The summed E-state index contributed by atoms with van der Waals surface area (Å²) < 4.78 is 1.86. The van der Waals surface area contributed by atoms with Crippen molar-refractivity contribution in [3.05, 3.63) is 18.0 Å². The van der Waals surface area contributed by atoms with Gasteiger partial charge in [0.25, 0.3) is 0 Å². The molecular weight excluding hydrogens is 425 g/mol. The fraction of sp³-hybridized carbons (Fsp3) is 0.789. The normalized spacial score (nSPS) is 16.8. The lowest BCUT2D eigenvalue weighted by Crippen LogP contribution is -2.43. The minimum absolute atomic E-state index is 0. The average Bonchev–Trinajstić information content (AvgIpc) is 3.16. The molecule has 2 rings (SSSR count). The Kier molecular flexibility index (Phi) is 9.82. The average molecular weight is 461 g/mol. The largest absolute Gasteiger partial charge is 0.356 e. The summed E-state index contributed by atoms with van der Waals surface area (Å²) in [5.41, 5.74) is 1.77. The Morgan fingerprint density at radius 1 is 1.32 bits per heavy atom. The van der Waals surface area contributed by atoms with E-state index in [9.17, 15) is 0 Å². The SMILES string of the molecule is CN=C(NCCCc1cnn(C)c1)NCC1(CC(C)C)CCCC1.I. The first-order valence-corrected chi connectivity index (χ1v) is 9.45. The highest BCUT2D eigenvalue weighted by molar-refractivity contribution is 14.0. The van der Waals surface area contributed by atoms with Crippen LogP contribution in [0.15, 0.2) is 17.4 Å². The topological polar surface area (TPSA) is 54.2 Å². The summed E-state index contributed by atoms with van der Waals surface area (Å²) in [5.74, 6) is 1.70. The van der Waals surface area contributed by atoms with Crippen molar-refractivity contribution in [3.8, 4) is 0 Å². The number of aryl methyl sites for hydroxylation is 2. The summed E-state index contributed by atoms with van der Waals surface area (Å²) in [4.78, 5) is 4.39. The molecule has 0 bridgehead atoms. The number of aliphatic imine (C=N–C) groups is 1. The van der Waals surface area contributed by atoms with Gasteiger partial charge >= 0.3 is 0 Å². The van der Waals surface area contributed by atoms with E-state index < -0.39 is 0 Å². The zero-order valence-electron chi connectivity index (χ0n) is 16.3. The molecule has 0 spiro atoms. The van der Waals surface area contributed by atoms with Crippen molar-refractivity contribution >= 4 is 29.9 Å². The summed E-state index contributed by atoms with van der Waals surface area (Å²) in [5, 5.41) is 11.2. The standard InChI is InChI=1S/C19H35N5.HI/c1-16(2)12-19(9-5-6-10-19)15-22-18(20-3)21-11-7-8-17-13-23-24(4)14-17;/h13-14,16H,5-12,15H2,1-4H3,(H2,20,21,22);1H. The van der Waals surface area contributed by atoms with Crippen LogP contribution in [0.2, 0.25) is 0 Å². The van der Waals surface area contributed by atoms with Crippen molar-refractivity contribution in [2.45, 2.75) is 58.8 Å². The first-order chi connectivity index (χ1) is 11.5. The molecule has 25 heavy (non-hydrogen) atoms. The lowest BCUT2D eigenvalue weighted by atomic mass is 9.78. The van der Waals surface area contributed by atoms with Crippen LogP contribution < -0.4 is 10.6 Å². The minimum atomic E-state index is 0. The van der Waals surface area contributed by atoms with Crippen molar-refractivity contribution in [1.82, 2.24) is 20.4 Å². The zero-order chi connectivity index (χ0) is 17.4. The van der Waals surface area contributed by atoms with Crippen LogP contribution in [0.25, 0.3) is 0 Å². The molecule has 6 heteroatoms. The first-order valence-electron chi connectivity index (χ1n) is 9.45. The molecule has 0 unspecified atom stereocenters. The van der Waals surface area contributed by atoms with Gasteiger partial charge in [0.2, 0.25) is 0 Å². The molecule has 0 aliphatic heterocycles. The van der Waals surface area contributed by atoms with Gasteiger partial charge in [0, 0.05) is 33.4 Å². The molecule has 1 aliphatic rings. The quantitative estimate of drug-likeness (QED) is 0.269. The van der Waals surface area contributed by atoms with Gasteiger partial charge in [0.15, 0.2) is 5.96 Å². The molecule has 144 valence electrons. The lowest BCUT2D eigenvalue weighted by molar-refractivity contribution is 0.235. The van der Waals surface area contributed by atoms with Gasteiger partial charge in [0.05, 0.1) is 6.20 Å². The van der Waals surface area contributed by atoms with Gasteiger partial charge in [-0.1, -0.05) is 26.7 Å². The maximum absolute atomic E-state index is 4.39. The molecule has 0 atom stereocenters. The van der Waals surface area contributed by atoms with E-state index in [1.165, 1.54) is 37.7 Å². The van der Waals surface area contributed by atoms with E-state index in [0.717, 1.165) is 37.8 Å². The van der Waals surface area contributed by atoms with Crippen LogP contribution in [-0.2, 0) is 13.5 Å². The molecule has 1 heterocycles. The second kappa shape index (κ2) is 11.0. The van der Waals surface area contributed by atoms with E-state index >= 15 is 0 Å². The second-order valence-electron chi connectivity index (χ2n) is 7.78. The van der Waals surface area contributed by atoms with Crippen LogP contribution in [0.4, 0.5) is 0 Å². The zero-order valence-corrected chi connectivity index (χ0v) is 18.7. The summed E-state index contributed by atoms with van der Waals surface area (Å²) in [7, 11) is 3.82.